The minimum absolute atomic E-state index is 0. The monoisotopic (exact) mass is 274 g/mol. The molecule has 100 valence electrons. The van der Waals surface area contributed by atoms with E-state index in [1.165, 1.54) is 32.7 Å². The Labute approximate surface area is 143 Å². The van der Waals surface area contributed by atoms with E-state index in [4.69, 9.17) is 0 Å². The van der Waals surface area contributed by atoms with Crippen molar-refractivity contribution in [3.8, 4) is 0 Å². The van der Waals surface area contributed by atoms with Gasteiger partial charge in [-0.15, -0.1) is 29.7 Å². The Bertz CT molecular complexity index is 837. The first-order chi connectivity index (χ1) is 10.4. The van der Waals surface area contributed by atoms with E-state index < -0.39 is 0 Å². The van der Waals surface area contributed by atoms with Crippen LogP contribution in [0.1, 0.15) is 11.1 Å². The molecule has 1 heteroatoms. The van der Waals surface area contributed by atoms with Crippen molar-refractivity contribution in [2.45, 2.75) is 0 Å². The summed E-state index contributed by atoms with van der Waals surface area (Å²) < 4.78 is 0. The molecule has 0 saturated carbocycles. The summed E-state index contributed by atoms with van der Waals surface area (Å²) in [4.78, 5) is 0. The van der Waals surface area contributed by atoms with Gasteiger partial charge in [0.1, 0.15) is 0 Å². The second-order valence-electron chi connectivity index (χ2n) is 5.28. The van der Waals surface area contributed by atoms with Crippen LogP contribution in [-0.2, 0) is 0 Å². The Hall–Kier alpha value is -2.13. The van der Waals surface area contributed by atoms with Gasteiger partial charge in [0, 0.05) is 0 Å². The molecule has 0 nitrogen and oxygen atoms in total. The van der Waals surface area contributed by atoms with Crippen molar-refractivity contribution in [3.05, 3.63) is 102 Å². The molecule has 22 heavy (non-hydrogen) atoms. The second-order valence-corrected chi connectivity index (χ2v) is 5.28. The minimum Gasteiger partial charge on any atom is -0.125 e. The molecule has 0 heterocycles. The van der Waals surface area contributed by atoms with Crippen LogP contribution in [0, 0.1) is 6.42 Å². The smallest absolute Gasteiger partial charge is 0.125 e. The van der Waals surface area contributed by atoms with Gasteiger partial charge in [0.15, 0.2) is 0 Å². The molecule has 0 aliphatic heterocycles. The normalized spacial score (nSPS) is 10.4. The fraction of sp³-hybridized carbons (Fsp3) is 0. The van der Waals surface area contributed by atoms with Gasteiger partial charge in [-0.2, -0.15) is 0 Å². The fourth-order valence-electron chi connectivity index (χ4n) is 2.92. The summed E-state index contributed by atoms with van der Waals surface area (Å²) in [5.41, 5.74) is 2.54. The number of fused-ring (bicyclic) bond motifs is 2. The molecule has 0 saturated heterocycles. The van der Waals surface area contributed by atoms with Crippen LogP contribution >= 0.6 is 0 Å². The molecule has 0 spiro atoms. The van der Waals surface area contributed by atoms with Crippen molar-refractivity contribution in [1.29, 1.82) is 0 Å². The summed E-state index contributed by atoms with van der Waals surface area (Å²) >= 11 is 0. The maximum absolute atomic E-state index is 2.28. The summed E-state index contributed by atoms with van der Waals surface area (Å²) in [6.07, 6.45) is 2.28. The van der Waals surface area contributed by atoms with Crippen molar-refractivity contribution in [2.75, 3.05) is 0 Å². The van der Waals surface area contributed by atoms with Gasteiger partial charge in [-0.3, -0.25) is 0 Å². The largest absolute Gasteiger partial charge is 1.00 e. The molecule has 4 aromatic rings. The number of hydrogen-bond acceptors (Lipinski definition) is 0. The topological polar surface area (TPSA) is 0 Å². The van der Waals surface area contributed by atoms with E-state index in [1.54, 1.807) is 0 Å². The first-order valence-electron chi connectivity index (χ1n) is 7.22. The summed E-state index contributed by atoms with van der Waals surface area (Å²) in [5.74, 6) is 0. The van der Waals surface area contributed by atoms with Crippen LogP contribution in [0.3, 0.4) is 0 Å². The van der Waals surface area contributed by atoms with E-state index in [1.807, 2.05) is 0 Å². The third-order valence-corrected chi connectivity index (χ3v) is 3.96. The molecule has 0 unspecified atom stereocenters. The quantitative estimate of drug-likeness (QED) is 0.389. The fourth-order valence-corrected chi connectivity index (χ4v) is 2.92. The SMILES string of the molecule is [Li+].c1ccc2c([CH-]c3cccc4ccccc34)cccc2c1. The first kappa shape index (κ1) is 14.8. The van der Waals surface area contributed by atoms with Gasteiger partial charge < -0.3 is 0 Å². The zero-order valence-corrected chi connectivity index (χ0v) is 12.7. The van der Waals surface area contributed by atoms with Crippen LogP contribution in [0.25, 0.3) is 21.5 Å². The average Bonchev–Trinajstić information content (AvgIpc) is 2.56. The minimum atomic E-state index is 0. The van der Waals surface area contributed by atoms with Gasteiger partial charge in [0.05, 0.1) is 0 Å². The molecule has 0 aromatic heterocycles. The molecule has 0 radical (unpaired) electrons. The molecule has 0 bridgehead atoms. The van der Waals surface area contributed by atoms with Crippen LogP contribution < -0.4 is 18.9 Å². The van der Waals surface area contributed by atoms with E-state index in [0.717, 1.165) is 0 Å². The Kier molecular flexibility index (Phi) is 4.25. The first-order valence-corrected chi connectivity index (χ1v) is 7.22. The van der Waals surface area contributed by atoms with Gasteiger partial charge >= 0.3 is 18.9 Å². The molecular formula is C21H15Li. The molecule has 0 fully saturated rings. The molecule has 0 N–H and O–H groups in total. The maximum atomic E-state index is 2.28. The van der Waals surface area contributed by atoms with E-state index in [9.17, 15) is 0 Å². The third-order valence-electron chi connectivity index (χ3n) is 3.96. The predicted molar refractivity (Wildman–Crippen MR) is 90.4 cm³/mol. The Morgan fingerprint density at radius 3 is 1.36 bits per heavy atom. The van der Waals surface area contributed by atoms with Crippen LogP contribution in [0.4, 0.5) is 0 Å². The van der Waals surface area contributed by atoms with Crippen LogP contribution in [-0.4, -0.2) is 0 Å². The van der Waals surface area contributed by atoms with Crippen LogP contribution in [0.2, 0.25) is 0 Å². The van der Waals surface area contributed by atoms with Crippen molar-refractivity contribution >= 4 is 21.5 Å². The van der Waals surface area contributed by atoms with Crippen molar-refractivity contribution in [3.63, 3.8) is 0 Å². The molecule has 0 aliphatic carbocycles. The summed E-state index contributed by atoms with van der Waals surface area (Å²) in [6, 6.07) is 30.0. The Balaban J connectivity index is 0.00000144. The van der Waals surface area contributed by atoms with Gasteiger partial charge in [-0.1, -0.05) is 94.3 Å². The van der Waals surface area contributed by atoms with Crippen molar-refractivity contribution < 1.29 is 18.9 Å². The zero-order chi connectivity index (χ0) is 14.1. The molecule has 4 rings (SSSR count). The standard InChI is InChI=1S/C21H15.Li/c1-3-13-20-16(7-1)9-5-11-18(20)15-19-12-6-10-17-8-2-4-14-21(17)19;/h1-15H;/q-1;+1. The third kappa shape index (κ3) is 2.64. The maximum Gasteiger partial charge on any atom is 1.00 e. The number of benzene rings is 4. The van der Waals surface area contributed by atoms with Gasteiger partial charge in [0.25, 0.3) is 0 Å². The molecule has 4 aromatic carbocycles. The van der Waals surface area contributed by atoms with Crippen LogP contribution in [0.15, 0.2) is 84.9 Å². The number of rotatable bonds is 2. The Morgan fingerprint density at radius 1 is 0.455 bits per heavy atom. The van der Waals surface area contributed by atoms with Crippen LogP contribution in [0.5, 0.6) is 0 Å². The van der Waals surface area contributed by atoms with Gasteiger partial charge in [-0.05, 0) is 0 Å². The van der Waals surface area contributed by atoms with Crippen molar-refractivity contribution in [2.24, 2.45) is 0 Å². The van der Waals surface area contributed by atoms with E-state index >= 15 is 0 Å². The average molecular weight is 274 g/mol. The van der Waals surface area contributed by atoms with E-state index in [2.05, 4.69) is 91.3 Å². The predicted octanol–water partition coefficient (Wildman–Crippen LogP) is 2.60. The second kappa shape index (κ2) is 6.32. The molecular weight excluding hydrogens is 259 g/mol. The zero-order valence-electron chi connectivity index (χ0n) is 12.7. The molecule has 0 atom stereocenters. The number of hydrogen-bond donors (Lipinski definition) is 0. The van der Waals surface area contributed by atoms with Gasteiger partial charge in [-0.25, -0.2) is 0 Å². The van der Waals surface area contributed by atoms with E-state index in [-0.39, 0.29) is 18.9 Å². The van der Waals surface area contributed by atoms with Gasteiger partial charge in [0.2, 0.25) is 0 Å². The Morgan fingerprint density at radius 2 is 0.864 bits per heavy atom. The van der Waals surface area contributed by atoms with E-state index in [0.29, 0.717) is 0 Å². The van der Waals surface area contributed by atoms with Crippen molar-refractivity contribution in [1.82, 2.24) is 0 Å². The molecule has 0 aliphatic rings. The summed E-state index contributed by atoms with van der Waals surface area (Å²) in [7, 11) is 0. The summed E-state index contributed by atoms with van der Waals surface area (Å²) in [6.45, 7) is 0. The summed E-state index contributed by atoms with van der Waals surface area (Å²) in [5, 5.41) is 5.17. The molecule has 0 amide bonds.